The molecule has 0 aliphatic heterocycles. The third-order valence-electron chi connectivity index (χ3n) is 2.12. The molecule has 0 radical (unpaired) electrons. The number of ether oxygens (including phenoxy) is 1. The van der Waals surface area contributed by atoms with Gasteiger partial charge in [0, 0.05) is 6.42 Å². The average Bonchev–Trinajstić information content (AvgIpc) is 2.16. The molecule has 0 amide bonds. The maximum Gasteiger partial charge on any atom is 0.345 e. The smallest absolute Gasteiger partial charge is 0.345 e. The highest BCUT2D eigenvalue weighted by Gasteiger charge is 2.12. The zero-order valence-corrected chi connectivity index (χ0v) is 9.87. The molecule has 0 fully saturated rings. The van der Waals surface area contributed by atoms with E-state index in [-0.39, 0.29) is 6.42 Å². The molecule has 3 heteroatoms. The number of benzene rings is 1. The summed E-state index contributed by atoms with van der Waals surface area (Å²) < 4.78 is 4.71. The molecule has 0 spiro atoms. The minimum absolute atomic E-state index is 0.274. The van der Waals surface area contributed by atoms with Gasteiger partial charge in [-0.1, -0.05) is 24.1 Å². The van der Waals surface area contributed by atoms with E-state index in [1.165, 1.54) is 0 Å². The number of hydrogen-bond donors (Lipinski definition) is 0. The molecule has 0 saturated carbocycles. The standard InChI is InChI=1S/C13H16O3/c1-4-5-12(14)16-13(15)11-7-9(2)6-10(3)8-11/h6-8H,4-5H2,1-3H3. The summed E-state index contributed by atoms with van der Waals surface area (Å²) >= 11 is 0. The van der Waals surface area contributed by atoms with Crippen LogP contribution in [0.25, 0.3) is 0 Å². The Hall–Kier alpha value is -1.64. The lowest BCUT2D eigenvalue weighted by atomic mass is 10.1. The lowest BCUT2D eigenvalue weighted by Crippen LogP contribution is -2.12. The first-order valence-corrected chi connectivity index (χ1v) is 5.36. The fourth-order valence-corrected chi connectivity index (χ4v) is 1.51. The van der Waals surface area contributed by atoms with Crippen molar-refractivity contribution in [2.45, 2.75) is 33.6 Å². The van der Waals surface area contributed by atoms with Crippen LogP contribution in [0.3, 0.4) is 0 Å². The van der Waals surface area contributed by atoms with E-state index in [9.17, 15) is 9.59 Å². The van der Waals surface area contributed by atoms with Crippen LogP contribution in [0.5, 0.6) is 0 Å². The number of carbonyl (C=O) groups is 2. The first-order valence-electron chi connectivity index (χ1n) is 5.36. The highest BCUT2D eigenvalue weighted by Crippen LogP contribution is 2.10. The van der Waals surface area contributed by atoms with E-state index >= 15 is 0 Å². The van der Waals surface area contributed by atoms with E-state index in [2.05, 4.69) is 0 Å². The molecule has 86 valence electrons. The largest absolute Gasteiger partial charge is 0.389 e. The minimum atomic E-state index is -0.565. The maximum atomic E-state index is 11.6. The van der Waals surface area contributed by atoms with Crippen molar-refractivity contribution in [3.63, 3.8) is 0 Å². The fraction of sp³-hybridized carbons (Fsp3) is 0.385. The predicted molar refractivity (Wildman–Crippen MR) is 61.2 cm³/mol. The highest BCUT2D eigenvalue weighted by molar-refractivity contribution is 5.97. The van der Waals surface area contributed by atoms with Gasteiger partial charge in [-0.25, -0.2) is 4.79 Å². The number of carbonyl (C=O) groups excluding carboxylic acids is 2. The number of hydrogen-bond acceptors (Lipinski definition) is 3. The Bertz CT molecular complexity index is 387. The SMILES string of the molecule is CCCC(=O)OC(=O)c1cc(C)cc(C)c1. The van der Waals surface area contributed by atoms with Crippen molar-refractivity contribution in [3.05, 3.63) is 34.9 Å². The molecule has 0 N–H and O–H groups in total. The van der Waals surface area contributed by atoms with Crippen molar-refractivity contribution in [2.75, 3.05) is 0 Å². The summed E-state index contributed by atoms with van der Waals surface area (Å²) in [5, 5.41) is 0. The third kappa shape index (κ3) is 3.50. The fourth-order valence-electron chi connectivity index (χ4n) is 1.51. The molecule has 0 aliphatic rings. The normalized spacial score (nSPS) is 9.94. The van der Waals surface area contributed by atoms with Crippen molar-refractivity contribution < 1.29 is 14.3 Å². The van der Waals surface area contributed by atoms with E-state index in [0.717, 1.165) is 11.1 Å². The molecular weight excluding hydrogens is 204 g/mol. The van der Waals surface area contributed by atoms with Crippen LogP contribution in [0, 0.1) is 13.8 Å². The summed E-state index contributed by atoms with van der Waals surface area (Å²) in [7, 11) is 0. The summed E-state index contributed by atoms with van der Waals surface area (Å²) in [6.07, 6.45) is 0.954. The van der Waals surface area contributed by atoms with Gasteiger partial charge in [0.25, 0.3) is 0 Å². The lowest BCUT2D eigenvalue weighted by molar-refractivity contribution is -0.137. The van der Waals surface area contributed by atoms with Crippen LogP contribution in [-0.2, 0) is 9.53 Å². The molecule has 1 aromatic rings. The Morgan fingerprint density at radius 2 is 1.69 bits per heavy atom. The van der Waals surface area contributed by atoms with Gasteiger partial charge in [-0.15, -0.1) is 0 Å². The van der Waals surface area contributed by atoms with Crippen LogP contribution < -0.4 is 0 Å². The molecule has 0 bridgehead atoms. The average molecular weight is 220 g/mol. The van der Waals surface area contributed by atoms with Crippen LogP contribution in [0.4, 0.5) is 0 Å². The van der Waals surface area contributed by atoms with Crippen LogP contribution in [0.1, 0.15) is 41.3 Å². The van der Waals surface area contributed by atoms with Gasteiger partial charge in [-0.05, 0) is 32.4 Å². The number of rotatable bonds is 3. The Kier molecular flexibility index (Phi) is 4.23. The first kappa shape index (κ1) is 12.4. The summed E-state index contributed by atoms with van der Waals surface area (Å²) in [5.41, 5.74) is 2.40. The van der Waals surface area contributed by atoms with Gasteiger partial charge in [0.05, 0.1) is 5.56 Å². The van der Waals surface area contributed by atoms with Crippen LogP contribution in [-0.4, -0.2) is 11.9 Å². The molecule has 16 heavy (non-hydrogen) atoms. The number of aryl methyl sites for hydroxylation is 2. The van der Waals surface area contributed by atoms with E-state index in [1.807, 2.05) is 26.8 Å². The number of esters is 2. The molecule has 0 atom stereocenters. The van der Waals surface area contributed by atoms with Gasteiger partial charge in [-0.3, -0.25) is 4.79 Å². The summed E-state index contributed by atoms with van der Waals surface area (Å²) in [6.45, 7) is 5.66. The topological polar surface area (TPSA) is 43.4 Å². The molecule has 0 aromatic heterocycles. The monoisotopic (exact) mass is 220 g/mol. The van der Waals surface area contributed by atoms with Crippen molar-refractivity contribution in [2.24, 2.45) is 0 Å². The van der Waals surface area contributed by atoms with E-state index in [4.69, 9.17) is 4.74 Å². The van der Waals surface area contributed by atoms with Crippen molar-refractivity contribution >= 4 is 11.9 Å². The maximum absolute atomic E-state index is 11.6. The Balaban J connectivity index is 2.76. The molecular formula is C13H16O3. The van der Waals surface area contributed by atoms with Crippen LogP contribution >= 0.6 is 0 Å². The Morgan fingerprint density at radius 1 is 1.12 bits per heavy atom. The van der Waals surface area contributed by atoms with Gasteiger partial charge < -0.3 is 4.74 Å². The summed E-state index contributed by atoms with van der Waals surface area (Å²) in [4.78, 5) is 22.7. The van der Waals surface area contributed by atoms with E-state index in [0.29, 0.717) is 12.0 Å². The minimum Gasteiger partial charge on any atom is -0.389 e. The van der Waals surface area contributed by atoms with Gasteiger partial charge in [0.2, 0.25) is 0 Å². The van der Waals surface area contributed by atoms with Crippen molar-refractivity contribution in [1.29, 1.82) is 0 Å². The van der Waals surface area contributed by atoms with Crippen LogP contribution in [0.15, 0.2) is 18.2 Å². The first-order chi connectivity index (χ1) is 7.52. The van der Waals surface area contributed by atoms with E-state index < -0.39 is 11.9 Å². The quantitative estimate of drug-likeness (QED) is 0.581. The van der Waals surface area contributed by atoms with E-state index in [1.54, 1.807) is 12.1 Å². The Morgan fingerprint density at radius 3 is 2.19 bits per heavy atom. The lowest BCUT2D eigenvalue weighted by Gasteiger charge is -2.04. The zero-order valence-electron chi connectivity index (χ0n) is 9.87. The molecule has 0 saturated heterocycles. The van der Waals surface area contributed by atoms with Gasteiger partial charge in [0.1, 0.15) is 0 Å². The molecule has 3 nitrogen and oxygen atoms in total. The molecule has 1 rings (SSSR count). The molecule has 0 heterocycles. The third-order valence-corrected chi connectivity index (χ3v) is 2.12. The predicted octanol–water partition coefficient (Wildman–Crippen LogP) is 2.79. The second-order valence-electron chi connectivity index (χ2n) is 3.89. The molecule has 1 aromatic carbocycles. The van der Waals surface area contributed by atoms with Crippen molar-refractivity contribution in [3.8, 4) is 0 Å². The summed E-state index contributed by atoms with van der Waals surface area (Å²) in [5.74, 6) is -1.03. The van der Waals surface area contributed by atoms with Gasteiger partial charge >= 0.3 is 11.9 Å². The van der Waals surface area contributed by atoms with Crippen LogP contribution in [0.2, 0.25) is 0 Å². The summed E-state index contributed by atoms with van der Waals surface area (Å²) in [6, 6.07) is 5.40. The Labute approximate surface area is 95.4 Å². The second-order valence-corrected chi connectivity index (χ2v) is 3.89. The second kappa shape index (κ2) is 5.45. The zero-order chi connectivity index (χ0) is 12.1. The molecule has 0 aliphatic carbocycles. The highest BCUT2D eigenvalue weighted by atomic mass is 16.6. The van der Waals surface area contributed by atoms with Crippen molar-refractivity contribution in [1.82, 2.24) is 0 Å². The van der Waals surface area contributed by atoms with Gasteiger partial charge in [-0.2, -0.15) is 0 Å². The van der Waals surface area contributed by atoms with Gasteiger partial charge in [0.15, 0.2) is 0 Å². The molecule has 0 unspecified atom stereocenters.